The molecule has 0 aliphatic carbocycles. The molecule has 7 nitrogen and oxygen atoms in total. The summed E-state index contributed by atoms with van der Waals surface area (Å²) in [5.41, 5.74) is 0.996. The van der Waals surface area contributed by atoms with Crippen LogP contribution in [0.5, 0.6) is 0 Å². The molecule has 2 aliphatic heterocycles. The lowest BCUT2D eigenvalue weighted by atomic mass is 10.1. The summed E-state index contributed by atoms with van der Waals surface area (Å²) in [5, 5.41) is 3.44. The van der Waals surface area contributed by atoms with E-state index in [9.17, 15) is 8.42 Å². The van der Waals surface area contributed by atoms with Gasteiger partial charge in [-0.1, -0.05) is 18.2 Å². The predicted molar refractivity (Wildman–Crippen MR) is 94.5 cm³/mol. The minimum atomic E-state index is -3.65. The molecule has 2 N–H and O–H groups in total. The van der Waals surface area contributed by atoms with Gasteiger partial charge in [0.05, 0.1) is 4.90 Å². The molecule has 132 valence electrons. The molecule has 2 aromatic rings. The van der Waals surface area contributed by atoms with Crippen molar-refractivity contribution in [1.29, 1.82) is 0 Å². The van der Waals surface area contributed by atoms with Crippen LogP contribution in [0.2, 0.25) is 0 Å². The van der Waals surface area contributed by atoms with Crippen molar-refractivity contribution in [2.24, 2.45) is 5.92 Å². The molecule has 4 rings (SSSR count). The summed E-state index contributed by atoms with van der Waals surface area (Å²) in [5.74, 6) is 0.840. The van der Waals surface area contributed by atoms with Gasteiger partial charge < -0.3 is 5.32 Å². The minimum absolute atomic E-state index is 0.0921. The molecular weight excluding hydrogens is 338 g/mol. The molecule has 2 aliphatic rings. The lowest BCUT2D eigenvalue weighted by molar-refractivity contribution is 0.243. The van der Waals surface area contributed by atoms with E-state index in [1.807, 2.05) is 0 Å². The maximum atomic E-state index is 12.3. The normalized spacial score (nSPS) is 23.5. The molecule has 1 aromatic heterocycles. The standard InChI is InChI=1S/C17H21N5O2S/c23-25(24,15-4-2-1-3-5-15)21-17-19-8-13(9-20-17)12-22-7-6-14-10-18-11-16(14)22/h1-5,8-9,14,16,18H,6-7,10-12H2,(H,19,20,21). The Hall–Kier alpha value is -2.03. The van der Waals surface area contributed by atoms with Crippen LogP contribution >= 0.6 is 0 Å². The van der Waals surface area contributed by atoms with Crippen LogP contribution in [0.25, 0.3) is 0 Å². The highest BCUT2D eigenvalue weighted by Crippen LogP contribution is 2.28. The zero-order valence-corrected chi connectivity index (χ0v) is 14.6. The Morgan fingerprint density at radius 2 is 1.92 bits per heavy atom. The number of hydrogen-bond acceptors (Lipinski definition) is 6. The molecule has 0 saturated carbocycles. The molecule has 2 atom stereocenters. The van der Waals surface area contributed by atoms with Crippen LogP contribution in [0.3, 0.4) is 0 Å². The fourth-order valence-electron chi connectivity index (χ4n) is 3.64. The van der Waals surface area contributed by atoms with Crippen molar-refractivity contribution >= 4 is 16.0 Å². The first kappa shape index (κ1) is 16.4. The number of nitrogens with zero attached hydrogens (tertiary/aromatic N) is 3. The second-order valence-corrected chi connectivity index (χ2v) is 8.26. The maximum absolute atomic E-state index is 12.3. The van der Waals surface area contributed by atoms with Gasteiger partial charge in [-0.15, -0.1) is 0 Å². The van der Waals surface area contributed by atoms with Crippen LogP contribution < -0.4 is 10.0 Å². The quantitative estimate of drug-likeness (QED) is 0.830. The summed E-state index contributed by atoms with van der Waals surface area (Å²) in [7, 11) is -3.65. The van der Waals surface area contributed by atoms with Gasteiger partial charge >= 0.3 is 0 Å². The van der Waals surface area contributed by atoms with Gasteiger partial charge in [-0.05, 0) is 37.6 Å². The summed E-state index contributed by atoms with van der Waals surface area (Å²) in [6, 6.07) is 8.80. The SMILES string of the molecule is O=S(=O)(Nc1ncc(CN2CCC3CNCC32)cn1)c1ccccc1. The smallest absolute Gasteiger partial charge is 0.264 e. The molecule has 0 amide bonds. The molecule has 0 spiro atoms. The first-order valence-corrected chi connectivity index (χ1v) is 9.94. The van der Waals surface area contributed by atoms with E-state index >= 15 is 0 Å². The summed E-state index contributed by atoms with van der Waals surface area (Å²) >= 11 is 0. The third kappa shape index (κ3) is 3.51. The number of benzene rings is 1. The Bertz CT molecular complexity index is 826. The van der Waals surface area contributed by atoms with E-state index in [1.165, 1.54) is 18.6 Å². The molecular formula is C17H21N5O2S. The van der Waals surface area contributed by atoms with Gasteiger partial charge in [0.2, 0.25) is 5.95 Å². The molecule has 2 saturated heterocycles. The lowest BCUT2D eigenvalue weighted by Crippen LogP contribution is -2.33. The van der Waals surface area contributed by atoms with Crippen molar-refractivity contribution in [1.82, 2.24) is 20.2 Å². The van der Waals surface area contributed by atoms with E-state index < -0.39 is 10.0 Å². The highest BCUT2D eigenvalue weighted by molar-refractivity contribution is 7.92. The molecule has 8 heteroatoms. The third-order valence-electron chi connectivity index (χ3n) is 4.93. The highest BCUT2D eigenvalue weighted by atomic mass is 32.2. The van der Waals surface area contributed by atoms with Crippen molar-refractivity contribution in [3.8, 4) is 0 Å². The monoisotopic (exact) mass is 359 g/mol. The van der Waals surface area contributed by atoms with Crippen molar-refractivity contribution in [2.45, 2.75) is 23.9 Å². The Morgan fingerprint density at radius 1 is 1.16 bits per heavy atom. The number of likely N-dealkylation sites (tertiary alicyclic amines) is 1. The number of anilines is 1. The third-order valence-corrected chi connectivity index (χ3v) is 6.27. The number of aromatic nitrogens is 2. The Morgan fingerprint density at radius 3 is 2.68 bits per heavy atom. The van der Waals surface area contributed by atoms with Crippen LogP contribution in [0.4, 0.5) is 5.95 Å². The van der Waals surface area contributed by atoms with Crippen molar-refractivity contribution in [2.75, 3.05) is 24.4 Å². The van der Waals surface area contributed by atoms with E-state index in [0.29, 0.717) is 6.04 Å². The Kier molecular flexibility index (Phi) is 4.41. The summed E-state index contributed by atoms with van der Waals surface area (Å²) in [6.45, 7) is 4.05. The van der Waals surface area contributed by atoms with Crippen LogP contribution in [0, 0.1) is 5.92 Å². The second-order valence-electron chi connectivity index (χ2n) is 6.58. The Labute approximate surface area is 147 Å². The van der Waals surface area contributed by atoms with Gasteiger partial charge in [0, 0.05) is 37.1 Å². The van der Waals surface area contributed by atoms with Crippen LogP contribution in [0.1, 0.15) is 12.0 Å². The zero-order valence-electron chi connectivity index (χ0n) is 13.8. The minimum Gasteiger partial charge on any atom is -0.315 e. The molecule has 3 heterocycles. The number of fused-ring (bicyclic) bond motifs is 1. The van der Waals surface area contributed by atoms with Crippen LogP contribution in [-0.2, 0) is 16.6 Å². The van der Waals surface area contributed by atoms with Gasteiger partial charge in [0.1, 0.15) is 0 Å². The predicted octanol–water partition coefficient (Wildman–Crippen LogP) is 1.07. The molecule has 0 radical (unpaired) electrons. The first-order valence-electron chi connectivity index (χ1n) is 8.45. The molecule has 2 fully saturated rings. The van der Waals surface area contributed by atoms with E-state index in [1.54, 1.807) is 30.6 Å². The van der Waals surface area contributed by atoms with Gasteiger partial charge in [-0.25, -0.2) is 23.1 Å². The molecule has 25 heavy (non-hydrogen) atoms. The molecule has 0 bridgehead atoms. The summed E-state index contributed by atoms with van der Waals surface area (Å²) in [6.07, 6.45) is 4.63. The summed E-state index contributed by atoms with van der Waals surface area (Å²) < 4.78 is 27.0. The van der Waals surface area contributed by atoms with Gasteiger partial charge in [-0.2, -0.15) is 0 Å². The topological polar surface area (TPSA) is 87.2 Å². The Balaban J connectivity index is 1.42. The maximum Gasteiger partial charge on any atom is 0.264 e. The van der Waals surface area contributed by atoms with E-state index in [2.05, 4.69) is 24.9 Å². The second kappa shape index (κ2) is 6.70. The lowest BCUT2D eigenvalue weighted by Gasteiger charge is -2.22. The first-order chi connectivity index (χ1) is 12.1. The average Bonchev–Trinajstić information content (AvgIpc) is 3.22. The van der Waals surface area contributed by atoms with Gasteiger partial charge in [0.15, 0.2) is 0 Å². The number of nitrogens with one attached hydrogen (secondary N) is 2. The van der Waals surface area contributed by atoms with Gasteiger partial charge in [-0.3, -0.25) is 4.90 Å². The molecule has 2 unspecified atom stereocenters. The fourth-order valence-corrected chi connectivity index (χ4v) is 4.62. The van der Waals surface area contributed by atoms with E-state index in [0.717, 1.165) is 37.7 Å². The zero-order chi connectivity index (χ0) is 17.3. The van der Waals surface area contributed by atoms with Crippen molar-refractivity contribution in [3.05, 3.63) is 48.3 Å². The van der Waals surface area contributed by atoms with E-state index in [4.69, 9.17) is 0 Å². The van der Waals surface area contributed by atoms with Crippen LogP contribution in [-0.4, -0.2) is 49.0 Å². The molecule has 1 aromatic carbocycles. The largest absolute Gasteiger partial charge is 0.315 e. The van der Waals surface area contributed by atoms with E-state index in [-0.39, 0.29) is 10.8 Å². The van der Waals surface area contributed by atoms with Gasteiger partial charge in [0.25, 0.3) is 10.0 Å². The average molecular weight is 359 g/mol. The number of hydrogen-bond donors (Lipinski definition) is 2. The van der Waals surface area contributed by atoms with Crippen LogP contribution in [0.15, 0.2) is 47.6 Å². The van der Waals surface area contributed by atoms with Crippen molar-refractivity contribution in [3.63, 3.8) is 0 Å². The highest BCUT2D eigenvalue weighted by Gasteiger charge is 2.37. The fraction of sp³-hybridized carbons (Fsp3) is 0.412. The number of sulfonamides is 1. The summed E-state index contributed by atoms with van der Waals surface area (Å²) in [4.78, 5) is 11.0. The van der Waals surface area contributed by atoms with Crippen molar-refractivity contribution < 1.29 is 8.42 Å². The number of rotatable bonds is 5.